The lowest BCUT2D eigenvalue weighted by Gasteiger charge is -2.33. The Labute approximate surface area is 189 Å². The average molecular weight is 479 g/mol. The van der Waals surface area contributed by atoms with Crippen molar-refractivity contribution in [3.63, 3.8) is 0 Å². The van der Waals surface area contributed by atoms with E-state index in [0.717, 1.165) is 28.2 Å². The van der Waals surface area contributed by atoms with Gasteiger partial charge in [0.05, 0.1) is 12.1 Å². The standard InChI is InChI=1S/C20H22N4O4S3/c1-13(25)23-9-7-14-15(11-21)20(30-17(14)12-23)22-19(26)16-5-2-3-8-24(16)31(27,28)18-6-4-10-29-18/h4,6,10,16H,2-3,5,7-9,12H2,1H3,(H,22,26). The number of nitrogens with zero attached hydrogens (tertiary/aromatic N) is 3. The summed E-state index contributed by atoms with van der Waals surface area (Å²) >= 11 is 2.43. The molecule has 0 spiro atoms. The fourth-order valence-corrected chi connectivity index (χ4v) is 8.05. The molecule has 1 fully saturated rings. The lowest BCUT2D eigenvalue weighted by molar-refractivity contribution is -0.129. The first-order valence-electron chi connectivity index (χ1n) is 9.99. The second-order valence-electron chi connectivity index (χ2n) is 7.56. The molecule has 2 aromatic heterocycles. The van der Waals surface area contributed by atoms with Gasteiger partial charge in [-0.25, -0.2) is 8.42 Å². The zero-order valence-corrected chi connectivity index (χ0v) is 19.4. The molecule has 2 amide bonds. The van der Waals surface area contributed by atoms with Gasteiger partial charge < -0.3 is 10.2 Å². The number of rotatable bonds is 4. The van der Waals surface area contributed by atoms with E-state index in [9.17, 15) is 23.3 Å². The molecular weight excluding hydrogens is 456 g/mol. The summed E-state index contributed by atoms with van der Waals surface area (Å²) in [5, 5.41) is 14.7. The van der Waals surface area contributed by atoms with Gasteiger partial charge in [-0.1, -0.05) is 12.5 Å². The molecule has 1 N–H and O–H groups in total. The van der Waals surface area contributed by atoms with Crippen molar-refractivity contribution in [2.75, 3.05) is 18.4 Å². The molecule has 2 aliphatic heterocycles. The van der Waals surface area contributed by atoms with Crippen LogP contribution in [0.25, 0.3) is 0 Å². The SMILES string of the molecule is CC(=O)N1CCc2c(sc(NC(=O)C3CCCCN3S(=O)(=O)c3cccs3)c2C#N)C1. The van der Waals surface area contributed by atoms with Gasteiger partial charge in [0.15, 0.2) is 0 Å². The topological polar surface area (TPSA) is 111 Å². The predicted molar refractivity (Wildman–Crippen MR) is 118 cm³/mol. The highest BCUT2D eigenvalue weighted by molar-refractivity contribution is 7.91. The molecule has 11 heteroatoms. The van der Waals surface area contributed by atoms with Gasteiger partial charge in [0.1, 0.15) is 21.3 Å². The summed E-state index contributed by atoms with van der Waals surface area (Å²) in [5.41, 5.74) is 1.28. The van der Waals surface area contributed by atoms with Crippen molar-refractivity contribution in [3.05, 3.63) is 33.5 Å². The summed E-state index contributed by atoms with van der Waals surface area (Å²) in [4.78, 5) is 27.5. The lowest BCUT2D eigenvalue weighted by Crippen LogP contribution is -2.49. The van der Waals surface area contributed by atoms with Crippen LogP contribution < -0.4 is 5.32 Å². The molecule has 0 saturated carbocycles. The van der Waals surface area contributed by atoms with Crippen molar-refractivity contribution < 1.29 is 18.0 Å². The highest BCUT2D eigenvalue weighted by atomic mass is 32.2. The Morgan fingerprint density at radius 3 is 2.77 bits per heavy atom. The van der Waals surface area contributed by atoms with Crippen LogP contribution in [0.2, 0.25) is 0 Å². The molecule has 0 bridgehead atoms. The van der Waals surface area contributed by atoms with E-state index >= 15 is 0 Å². The van der Waals surface area contributed by atoms with E-state index in [2.05, 4.69) is 11.4 Å². The van der Waals surface area contributed by atoms with Crippen LogP contribution in [0.15, 0.2) is 21.7 Å². The zero-order chi connectivity index (χ0) is 22.2. The van der Waals surface area contributed by atoms with Gasteiger partial charge in [-0.3, -0.25) is 9.59 Å². The molecule has 8 nitrogen and oxygen atoms in total. The number of carbonyl (C=O) groups is 2. The minimum absolute atomic E-state index is 0.0280. The maximum absolute atomic E-state index is 13.2. The highest BCUT2D eigenvalue weighted by Crippen LogP contribution is 2.37. The third kappa shape index (κ3) is 4.13. The number of nitriles is 1. The van der Waals surface area contributed by atoms with Gasteiger partial charge in [-0.05, 0) is 36.3 Å². The third-order valence-electron chi connectivity index (χ3n) is 5.67. The maximum Gasteiger partial charge on any atom is 0.253 e. The number of amides is 2. The van der Waals surface area contributed by atoms with Gasteiger partial charge >= 0.3 is 0 Å². The molecule has 0 aromatic carbocycles. The average Bonchev–Trinajstić information content (AvgIpc) is 3.41. The Hall–Kier alpha value is -2.26. The molecule has 4 rings (SSSR count). The Balaban J connectivity index is 1.59. The normalized spacial score (nSPS) is 19.5. The Bertz CT molecular complexity index is 1150. The summed E-state index contributed by atoms with van der Waals surface area (Å²) in [7, 11) is -3.75. The van der Waals surface area contributed by atoms with Crippen molar-refractivity contribution in [1.29, 1.82) is 5.26 Å². The summed E-state index contributed by atoms with van der Waals surface area (Å²) in [6.07, 6.45) is 2.45. The minimum atomic E-state index is -3.75. The largest absolute Gasteiger partial charge is 0.337 e. The first kappa shape index (κ1) is 22.0. The van der Waals surface area contributed by atoms with Crippen LogP contribution in [0.4, 0.5) is 5.00 Å². The van der Waals surface area contributed by atoms with Gasteiger partial charge in [0, 0.05) is 24.9 Å². The first-order chi connectivity index (χ1) is 14.8. The van der Waals surface area contributed by atoms with Crippen LogP contribution in [0, 0.1) is 11.3 Å². The summed E-state index contributed by atoms with van der Waals surface area (Å²) in [5.74, 6) is -0.446. The van der Waals surface area contributed by atoms with Gasteiger partial charge in [-0.15, -0.1) is 22.7 Å². The van der Waals surface area contributed by atoms with E-state index in [0.29, 0.717) is 42.9 Å². The number of fused-ring (bicyclic) bond motifs is 1. The van der Waals surface area contributed by atoms with Crippen LogP contribution in [0.1, 0.15) is 42.2 Å². The number of hydrogen-bond acceptors (Lipinski definition) is 7. The number of nitrogens with one attached hydrogen (secondary N) is 1. The van der Waals surface area contributed by atoms with E-state index in [1.54, 1.807) is 22.4 Å². The molecule has 0 radical (unpaired) electrons. The van der Waals surface area contributed by atoms with Crippen molar-refractivity contribution >= 4 is 49.5 Å². The summed E-state index contributed by atoms with van der Waals surface area (Å²) < 4.78 is 27.6. The summed E-state index contributed by atoms with van der Waals surface area (Å²) in [6.45, 7) is 2.76. The van der Waals surface area contributed by atoms with E-state index in [-0.39, 0.29) is 16.7 Å². The number of sulfonamides is 1. The van der Waals surface area contributed by atoms with Crippen molar-refractivity contribution in [2.45, 2.75) is 49.4 Å². The molecule has 1 saturated heterocycles. The Morgan fingerprint density at radius 2 is 2.10 bits per heavy atom. The van der Waals surface area contributed by atoms with Crippen LogP contribution >= 0.6 is 22.7 Å². The Morgan fingerprint density at radius 1 is 1.29 bits per heavy atom. The van der Waals surface area contributed by atoms with Gasteiger partial charge in [-0.2, -0.15) is 9.57 Å². The van der Waals surface area contributed by atoms with Crippen LogP contribution in [-0.2, 0) is 32.6 Å². The summed E-state index contributed by atoms with van der Waals surface area (Å²) in [6, 6.07) is 4.59. The van der Waals surface area contributed by atoms with Crippen molar-refractivity contribution in [1.82, 2.24) is 9.21 Å². The second-order valence-corrected chi connectivity index (χ2v) is 11.7. The Kier molecular flexibility index (Phi) is 6.16. The number of piperidine rings is 1. The maximum atomic E-state index is 13.2. The fourth-order valence-electron chi connectivity index (χ4n) is 4.05. The van der Waals surface area contributed by atoms with Crippen molar-refractivity contribution in [3.8, 4) is 6.07 Å². The lowest BCUT2D eigenvalue weighted by atomic mass is 10.0. The van der Waals surface area contributed by atoms with Gasteiger partial charge in [0.25, 0.3) is 10.0 Å². The molecule has 2 aromatic rings. The third-order valence-corrected chi connectivity index (χ3v) is 10.1. The van der Waals surface area contributed by atoms with Crippen LogP contribution in [0.3, 0.4) is 0 Å². The van der Waals surface area contributed by atoms with Crippen LogP contribution in [0.5, 0.6) is 0 Å². The number of thiophene rings is 2. The molecule has 4 heterocycles. The fraction of sp³-hybridized carbons (Fsp3) is 0.450. The van der Waals surface area contributed by atoms with Gasteiger partial charge in [0.2, 0.25) is 11.8 Å². The smallest absolute Gasteiger partial charge is 0.253 e. The number of anilines is 1. The molecule has 1 atom stereocenters. The van der Waals surface area contributed by atoms with E-state index < -0.39 is 22.0 Å². The molecular formula is C20H22N4O4S3. The monoisotopic (exact) mass is 478 g/mol. The minimum Gasteiger partial charge on any atom is -0.337 e. The van der Waals surface area contributed by atoms with E-state index in [4.69, 9.17) is 0 Å². The first-order valence-corrected chi connectivity index (χ1v) is 13.1. The highest BCUT2D eigenvalue weighted by Gasteiger charge is 2.38. The van der Waals surface area contributed by atoms with E-state index in [1.165, 1.54) is 22.6 Å². The second kappa shape index (κ2) is 8.70. The van der Waals surface area contributed by atoms with Crippen LogP contribution in [-0.4, -0.2) is 48.6 Å². The molecule has 31 heavy (non-hydrogen) atoms. The molecule has 164 valence electrons. The number of carbonyl (C=O) groups excluding carboxylic acids is 2. The zero-order valence-electron chi connectivity index (χ0n) is 17.0. The van der Waals surface area contributed by atoms with Crippen molar-refractivity contribution in [2.24, 2.45) is 0 Å². The quantitative estimate of drug-likeness (QED) is 0.726. The molecule has 2 aliphatic rings. The predicted octanol–water partition coefficient (Wildman–Crippen LogP) is 2.77. The molecule has 1 unspecified atom stereocenters. The number of hydrogen-bond donors (Lipinski definition) is 1. The molecule has 0 aliphatic carbocycles. The van der Waals surface area contributed by atoms with E-state index in [1.807, 2.05) is 0 Å².